The third-order valence-electron chi connectivity index (χ3n) is 4.07. The van der Waals surface area contributed by atoms with Gasteiger partial charge in [0.15, 0.2) is 0 Å². The fraction of sp³-hybridized carbons (Fsp3) is 0.350. The van der Waals surface area contributed by atoms with Crippen molar-refractivity contribution in [1.29, 1.82) is 0 Å². The summed E-state index contributed by atoms with van der Waals surface area (Å²) in [5.41, 5.74) is 3.07. The summed E-state index contributed by atoms with van der Waals surface area (Å²) >= 11 is 0. The second kappa shape index (κ2) is 6.78. The standard InChI is InChI=1S/C20H24O2/c1-15-12-17(19(21)22-4)13-18(20(2,3)14-15)11-10-16-8-6-5-7-9-16/h5-11,13-14,18H,12H2,1-4H3/b11-10+/t18-/m1/s1. The number of rotatable bonds is 3. The number of hydrogen-bond acceptors (Lipinski definition) is 2. The van der Waals surface area contributed by atoms with E-state index < -0.39 is 0 Å². The molecular formula is C20H24O2. The van der Waals surface area contributed by atoms with Gasteiger partial charge in [0.25, 0.3) is 0 Å². The molecule has 0 aliphatic heterocycles. The average Bonchev–Trinajstić information content (AvgIpc) is 2.60. The van der Waals surface area contributed by atoms with E-state index >= 15 is 0 Å². The molecule has 1 aromatic rings. The number of ether oxygens (including phenoxy) is 1. The minimum Gasteiger partial charge on any atom is -0.466 e. The van der Waals surface area contributed by atoms with E-state index in [1.165, 1.54) is 12.7 Å². The van der Waals surface area contributed by atoms with Crippen molar-refractivity contribution in [3.8, 4) is 0 Å². The first-order chi connectivity index (χ1) is 10.4. The fourth-order valence-electron chi connectivity index (χ4n) is 2.93. The molecule has 0 N–H and O–H groups in total. The second-order valence-corrected chi connectivity index (χ2v) is 6.47. The van der Waals surface area contributed by atoms with Gasteiger partial charge in [0, 0.05) is 11.5 Å². The van der Waals surface area contributed by atoms with Gasteiger partial charge >= 0.3 is 5.97 Å². The molecule has 2 nitrogen and oxygen atoms in total. The SMILES string of the molecule is COC(=O)C1=C[C@@H](/C=C/c2ccccc2)C(C)(C)C=C(C)C1. The highest BCUT2D eigenvalue weighted by Gasteiger charge is 2.28. The van der Waals surface area contributed by atoms with Crippen molar-refractivity contribution in [2.75, 3.05) is 7.11 Å². The summed E-state index contributed by atoms with van der Waals surface area (Å²) < 4.78 is 4.91. The van der Waals surface area contributed by atoms with Crippen LogP contribution in [0.5, 0.6) is 0 Å². The summed E-state index contributed by atoms with van der Waals surface area (Å²) in [5, 5.41) is 0. The van der Waals surface area contributed by atoms with E-state index in [0.29, 0.717) is 6.42 Å². The Hall–Kier alpha value is -2.09. The van der Waals surface area contributed by atoms with E-state index in [9.17, 15) is 4.79 Å². The van der Waals surface area contributed by atoms with Gasteiger partial charge in [-0.15, -0.1) is 0 Å². The fourth-order valence-corrected chi connectivity index (χ4v) is 2.93. The van der Waals surface area contributed by atoms with E-state index in [-0.39, 0.29) is 17.3 Å². The molecule has 1 atom stereocenters. The van der Waals surface area contributed by atoms with E-state index in [2.05, 4.69) is 57.2 Å². The normalized spacial score (nSPS) is 21.0. The Morgan fingerprint density at radius 1 is 1.27 bits per heavy atom. The average molecular weight is 296 g/mol. The van der Waals surface area contributed by atoms with E-state index in [1.54, 1.807) is 0 Å². The summed E-state index contributed by atoms with van der Waals surface area (Å²) in [6.45, 7) is 6.47. The zero-order valence-electron chi connectivity index (χ0n) is 13.8. The summed E-state index contributed by atoms with van der Waals surface area (Å²) in [5.74, 6) is -0.0807. The Bertz CT molecular complexity index is 618. The topological polar surface area (TPSA) is 26.3 Å². The van der Waals surface area contributed by atoms with E-state index in [0.717, 1.165) is 11.1 Å². The lowest BCUT2D eigenvalue weighted by Gasteiger charge is -2.26. The maximum absolute atomic E-state index is 12.0. The second-order valence-electron chi connectivity index (χ2n) is 6.47. The smallest absolute Gasteiger partial charge is 0.333 e. The Morgan fingerprint density at radius 3 is 2.59 bits per heavy atom. The third-order valence-corrected chi connectivity index (χ3v) is 4.07. The summed E-state index contributed by atoms with van der Waals surface area (Å²) in [4.78, 5) is 12.0. The molecule has 0 saturated heterocycles. The lowest BCUT2D eigenvalue weighted by atomic mass is 9.78. The molecule has 22 heavy (non-hydrogen) atoms. The molecule has 1 aromatic carbocycles. The minimum atomic E-state index is -0.233. The first-order valence-corrected chi connectivity index (χ1v) is 7.63. The highest BCUT2D eigenvalue weighted by molar-refractivity contribution is 5.89. The molecule has 0 aromatic heterocycles. The van der Waals surface area contributed by atoms with Crippen molar-refractivity contribution in [3.05, 3.63) is 65.3 Å². The van der Waals surface area contributed by atoms with Crippen molar-refractivity contribution in [3.63, 3.8) is 0 Å². The van der Waals surface area contributed by atoms with Crippen LogP contribution in [0.1, 0.15) is 32.8 Å². The van der Waals surface area contributed by atoms with Crippen LogP contribution >= 0.6 is 0 Å². The van der Waals surface area contributed by atoms with Gasteiger partial charge in [-0.3, -0.25) is 0 Å². The highest BCUT2D eigenvalue weighted by Crippen LogP contribution is 2.37. The number of carbonyl (C=O) groups excluding carboxylic acids is 1. The Kier molecular flexibility index (Phi) is 5.02. The molecule has 0 spiro atoms. The van der Waals surface area contributed by atoms with Crippen LogP contribution < -0.4 is 0 Å². The molecule has 0 saturated carbocycles. The van der Waals surface area contributed by atoms with E-state index in [4.69, 9.17) is 4.74 Å². The number of benzene rings is 1. The minimum absolute atomic E-state index is 0.0366. The molecule has 0 amide bonds. The lowest BCUT2D eigenvalue weighted by Crippen LogP contribution is -2.18. The molecule has 0 unspecified atom stereocenters. The van der Waals surface area contributed by atoms with Gasteiger partial charge in [-0.25, -0.2) is 4.79 Å². The zero-order chi connectivity index (χ0) is 16.2. The lowest BCUT2D eigenvalue weighted by molar-refractivity contribution is -0.136. The number of esters is 1. The first kappa shape index (κ1) is 16.3. The van der Waals surface area contributed by atoms with Crippen molar-refractivity contribution in [2.24, 2.45) is 11.3 Å². The monoisotopic (exact) mass is 296 g/mol. The largest absolute Gasteiger partial charge is 0.466 e. The molecule has 1 aliphatic carbocycles. The van der Waals surface area contributed by atoms with Gasteiger partial charge in [0.05, 0.1) is 7.11 Å². The number of hydrogen-bond donors (Lipinski definition) is 0. The molecule has 2 rings (SSSR count). The van der Waals surface area contributed by atoms with Gasteiger partial charge in [0.1, 0.15) is 0 Å². The molecule has 0 bridgehead atoms. The maximum Gasteiger partial charge on any atom is 0.333 e. The third kappa shape index (κ3) is 3.97. The molecule has 0 heterocycles. The van der Waals surface area contributed by atoms with Gasteiger partial charge in [-0.2, -0.15) is 0 Å². The molecular weight excluding hydrogens is 272 g/mol. The summed E-state index contributed by atoms with van der Waals surface area (Å²) in [6.07, 6.45) is 9.27. The predicted molar refractivity (Wildman–Crippen MR) is 91.2 cm³/mol. The van der Waals surface area contributed by atoms with Crippen molar-refractivity contribution in [2.45, 2.75) is 27.2 Å². The Morgan fingerprint density at radius 2 is 1.95 bits per heavy atom. The summed E-state index contributed by atoms with van der Waals surface area (Å²) in [6, 6.07) is 10.2. The number of carbonyl (C=O) groups is 1. The number of methoxy groups -OCH3 is 1. The molecule has 2 heteroatoms. The summed E-state index contributed by atoms with van der Waals surface area (Å²) in [7, 11) is 1.44. The van der Waals surface area contributed by atoms with Crippen LogP contribution in [0, 0.1) is 11.3 Å². The van der Waals surface area contributed by atoms with Crippen LogP contribution in [0.15, 0.2) is 59.7 Å². The quantitative estimate of drug-likeness (QED) is 0.592. The molecule has 1 aliphatic rings. The predicted octanol–water partition coefficient (Wildman–Crippen LogP) is 4.79. The molecule has 0 fully saturated rings. The first-order valence-electron chi connectivity index (χ1n) is 7.63. The van der Waals surface area contributed by atoms with Crippen LogP contribution in [-0.2, 0) is 9.53 Å². The van der Waals surface area contributed by atoms with Gasteiger partial charge < -0.3 is 4.74 Å². The van der Waals surface area contributed by atoms with Crippen molar-refractivity contribution < 1.29 is 9.53 Å². The van der Waals surface area contributed by atoms with Crippen LogP contribution in [0.4, 0.5) is 0 Å². The van der Waals surface area contributed by atoms with E-state index in [1.807, 2.05) is 18.2 Å². The zero-order valence-corrected chi connectivity index (χ0v) is 13.8. The highest BCUT2D eigenvalue weighted by atomic mass is 16.5. The maximum atomic E-state index is 12.0. The van der Waals surface area contributed by atoms with Gasteiger partial charge in [-0.05, 0) is 24.3 Å². The van der Waals surface area contributed by atoms with Crippen LogP contribution in [0.25, 0.3) is 6.08 Å². The Labute approximate surface area is 133 Å². The van der Waals surface area contributed by atoms with Crippen LogP contribution in [0.2, 0.25) is 0 Å². The Balaban J connectivity index is 2.36. The number of allylic oxidation sites excluding steroid dienone is 4. The van der Waals surface area contributed by atoms with Crippen LogP contribution in [0.3, 0.4) is 0 Å². The van der Waals surface area contributed by atoms with Crippen molar-refractivity contribution >= 4 is 12.0 Å². The van der Waals surface area contributed by atoms with Crippen molar-refractivity contribution in [1.82, 2.24) is 0 Å². The van der Waals surface area contributed by atoms with Gasteiger partial charge in [0.2, 0.25) is 0 Å². The molecule has 116 valence electrons. The van der Waals surface area contributed by atoms with Crippen LogP contribution in [-0.4, -0.2) is 13.1 Å². The van der Waals surface area contributed by atoms with Gasteiger partial charge in [-0.1, -0.05) is 74.1 Å². The molecule has 0 radical (unpaired) electrons.